The van der Waals surface area contributed by atoms with Crippen molar-refractivity contribution in [3.8, 4) is 22.7 Å². The van der Waals surface area contributed by atoms with Crippen LogP contribution in [0.25, 0.3) is 16.9 Å². The van der Waals surface area contributed by atoms with Crippen LogP contribution < -0.4 is 10.1 Å². The smallest absolute Gasteiger partial charge is 0.133 e. The molecule has 0 aliphatic carbocycles. The number of ether oxygens (including phenoxy) is 1. The predicted molar refractivity (Wildman–Crippen MR) is 100 cm³/mol. The molecule has 0 spiro atoms. The number of benzene rings is 2. The molecular weight excluding hydrogens is 390 g/mol. The lowest BCUT2D eigenvalue weighted by molar-refractivity contribution is 0.416. The highest BCUT2D eigenvalue weighted by molar-refractivity contribution is 9.10. The summed E-state index contributed by atoms with van der Waals surface area (Å²) in [6.07, 6.45) is 0.927. The molecule has 1 aliphatic heterocycles. The molecule has 3 aromatic rings. The maximum Gasteiger partial charge on any atom is 0.133 e. The van der Waals surface area contributed by atoms with Gasteiger partial charge in [0.05, 0.1) is 12.8 Å². The molecule has 0 amide bonds. The largest absolute Gasteiger partial charge is 0.496 e. The first kappa shape index (κ1) is 15.5. The van der Waals surface area contributed by atoms with Crippen LogP contribution in [0, 0.1) is 0 Å². The van der Waals surface area contributed by atoms with E-state index >= 15 is 0 Å². The summed E-state index contributed by atoms with van der Waals surface area (Å²) in [5.41, 5.74) is 4.03. The van der Waals surface area contributed by atoms with Crippen LogP contribution >= 0.6 is 27.5 Å². The molecule has 0 fully saturated rings. The zero-order valence-electron chi connectivity index (χ0n) is 13.0. The lowest BCUT2D eigenvalue weighted by Gasteiger charge is -2.08. The number of rotatable bonds is 3. The maximum atomic E-state index is 6.20. The Morgan fingerprint density at radius 1 is 1.21 bits per heavy atom. The first-order chi connectivity index (χ1) is 11.7. The van der Waals surface area contributed by atoms with Crippen LogP contribution in [0.4, 0.5) is 5.82 Å². The van der Waals surface area contributed by atoms with E-state index in [0.29, 0.717) is 5.02 Å². The quantitative estimate of drug-likeness (QED) is 0.672. The fraction of sp³-hybridized carbons (Fsp3) is 0.167. The molecule has 0 saturated heterocycles. The van der Waals surface area contributed by atoms with Gasteiger partial charge in [0, 0.05) is 27.2 Å². The van der Waals surface area contributed by atoms with Gasteiger partial charge in [0.25, 0.3) is 0 Å². The van der Waals surface area contributed by atoms with Gasteiger partial charge in [-0.25, -0.2) is 4.68 Å². The van der Waals surface area contributed by atoms with Crippen LogP contribution in [0.5, 0.6) is 5.75 Å². The molecule has 0 saturated carbocycles. The van der Waals surface area contributed by atoms with Gasteiger partial charge in [-0.15, -0.1) is 0 Å². The van der Waals surface area contributed by atoms with E-state index in [1.807, 2.05) is 47.1 Å². The van der Waals surface area contributed by atoms with E-state index in [2.05, 4.69) is 21.2 Å². The highest BCUT2D eigenvalue weighted by Crippen LogP contribution is 2.39. The number of methoxy groups -OCH3 is 1. The van der Waals surface area contributed by atoms with Crippen molar-refractivity contribution in [3.63, 3.8) is 0 Å². The molecule has 6 heteroatoms. The molecule has 2 heterocycles. The molecule has 1 aromatic heterocycles. The third-order valence-electron chi connectivity index (χ3n) is 4.14. The predicted octanol–water partition coefficient (Wildman–Crippen LogP) is 4.93. The van der Waals surface area contributed by atoms with Crippen molar-refractivity contribution in [2.75, 3.05) is 19.0 Å². The summed E-state index contributed by atoms with van der Waals surface area (Å²) in [5, 5.41) is 8.96. The van der Waals surface area contributed by atoms with E-state index in [4.69, 9.17) is 21.4 Å². The molecule has 4 nitrogen and oxygen atoms in total. The standard InChI is InChI=1S/C18H15BrClN3O/c1-24-16-7-4-12(20)10-15(16)17-14-8-9-21-18(14)23(22-17)13-5-2-11(19)3-6-13/h2-7,10,21H,8-9H2,1H3. The number of fused-ring (bicyclic) bond motifs is 1. The van der Waals surface area contributed by atoms with Crippen molar-refractivity contribution >= 4 is 33.3 Å². The molecule has 24 heavy (non-hydrogen) atoms. The number of nitrogens with one attached hydrogen (secondary N) is 1. The minimum atomic E-state index is 0.670. The highest BCUT2D eigenvalue weighted by Gasteiger charge is 2.25. The van der Waals surface area contributed by atoms with E-state index in [1.54, 1.807) is 7.11 Å². The third kappa shape index (κ3) is 2.58. The molecular formula is C18H15BrClN3O. The Kier molecular flexibility index (Phi) is 3.98. The van der Waals surface area contributed by atoms with Crippen LogP contribution in [0.15, 0.2) is 46.9 Å². The Bertz CT molecular complexity index is 905. The minimum absolute atomic E-state index is 0.670. The van der Waals surface area contributed by atoms with Crippen LogP contribution in [-0.4, -0.2) is 23.4 Å². The molecule has 122 valence electrons. The zero-order valence-corrected chi connectivity index (χ0v) is 15.4. The number of nitrogens with zero attached hydrogens (tertiary/aromatic N) is 2. The number of halogens is 2. The summed E-state index contributed by atoms with van der Waals surface area (Å²) < 4.78 is 8.50. The highest BCUT2D eigenvalue weighted by atomic mass is 79.9. The SMILES string of the molecule is COc1ccc(Cl)cc1-c1nn(-c2ccc(Br)cc2)c2c1CCN2. The Balaban J connectivity index is 1.91. The summed E-state index contributed by atoms with van der Waals surface area (Å²) in [5.74, 6) is 1.81. The van der Waals surface area contributed by atoms with E-state index in [-0.39, 0.29) is 0 Å². The molecule has 4 rings (SSSR count). The summed E-state index contributed by atoms with van der Waals surface area (Å²) in [6, 6.07) is 13.7. The topological polar surface area (TPSA) is 39.1 Å². The van der Waals surface area contributed by atoms with E-state index < -0.39 is 0 Å². The Morgan fingerprint density at radius 2 is 2.00 bits per heavy atom. The molecule has 0 radical (unpaired) electrons. The molecule has 2 aromatic carbocycles. The fourth-order valence-electron chi connectivity index (χ4n) is 3.03. The van der Waals surface area contributed by atoms with Gasteiger partial charge in [-0.3, -0.25) is 0 Å². The lowest BCUT2D eigenvalue weighted by Crippen LogP contribution is -2.04. The lowest BCUT2D eigenvalue weighted by atomic mass is 10.1. The second-order valence-corrected chi connectivity index (χ2v) is 6.94. The second-order valence-electron chi connectivity index (χ2n) is 5.59. The summed E-state index contributed by atoms with van der Waals surface area (Å²) in [6.45, 7) is 0.902. The van der Waals surface area contributed by atoms with Crippen molar-refractivity contribution in [1.29, 1.82) is 0 Å². The van der Waals surface area contributed by atoms with Gasteiger partial charge in [0.2, 0.25) is 0 Å². The average molecular weight is 405 g/mol. The molecule has 0 atom stereocenters. The van der Waals surface area contributed by atoms with Crippen molar-refractivity contribution in [2.24, 2.45) is 0 Å². The number of anilines is 1. The van der Waals surface area contributed by atoms with Crippen LogP contribution in [0.1, 0.15) is 5.56 Å². The Hall–Kier alpha value is -1.98. The van der Waals surface area contributed by atoms with E-state index in [1.165, 1.54) is 5.56 Å². The van der Waals surface area contributed by atoms with Crippen LogP contribution in [-0.2, 0) is 6.42 Å². The zero-order chi connectivity index (χ0) is 16.7. The molecule has 0 bridgehead atoms. The van der Waals surface area contributed by atoms with Gasteiger partial charge < -0.3 is 10.1 Å². The fourth-order valence-corrected chi connectivity index (χ4v) is 3.46. The van der Waals surface area contributed by atoms with Crippen molar-refractivity contribution in [3.05, 3.63) is 57.5 Å². The van der Waals surface area contributed by atoms with Gasteiger partial charge in [0.1, 0.15) is 17.3 Å². The number of aromatic nitrogens is 2. The number of hydrogen-bond acceptors (Lipinski definition) is 3. The van der Waals surface area contributed by atoms with Gasteiger partial charge in [-0.1, -0.05) is 27.5 Å². The average Bonchev–Trinajstić information content (AvgIpc) is 3.18. The first-order valence-corrected chi connectivity index (χ1v) is 8.80. The maximum absolute atomic E-state index is 6.20. The van der Waals surface area contributed by atoms with Gasteiger partial charge >= 0.3 is 0 Å². The minimum Gasteiger partial charge on any atom is -0.496 e. The van der Waals surface area contributed by atoms with Crippen LogP contribution in [0.2, 0.25) is 5.02 Å². The van der Waals surface area contributed by atoms with E-state index in [0.717, 1.165) is 46.0 Å². The first-order valence-electron chi connectivity index (χ1n) is 7.63. The monoisotopic (exact) mass is 403 g/mol. The summed E-state index contributed by atoms with van der Waals surface area (Å²) in [7, 11) is 1.66. The third-order valence-corrected chi connectivity index (χ3v) is 4.90. The van der Waals surface area contributed by atoms with Gasteiger partial charge in [-0.2, -0.15) is 5.10 Å². The Morgan fingerprint density at radius 3 is 2.75 bits per heavy atom. The van der Waals surface area contributed by atoms with Gasteiger partial charge in [-0.05, 0) is 48.9 Å². The number of hydrogen-bond donors (Lipinski definition) is 1. The molecule has 1 N–H and O–H groups in total. The van der Waals surface area contributed by atoms with Crippen molar-refractivity contribution in [2.45, 2.75) is 6.42 Å². The summed E-state index contributed by atoms with van der Waals surface area (Å²) in [4.78, 5) is 0. The van der Waals surface area contributed by atoms with E-state index in [9.17, 15) is 0 Å². The van der Waals surface area contributed by atoms with Gasteiger partial charge in [0.15, 0.2) is 0 Å². The van der Waals surface area contributed by atoms with Crippen LogP contribution in [0.3, 0.4) is 0 Å². The molecule has 0 unspecified atom stereocenters. The summed E-state index contributed by atoms with van der Waals surface area (Å²) >= 11 is 9.68. The second kappa shape index (κ2) is 6.15. The van der Waals surface area contributed by atoms with Crippen molar-refractivity contribution in [1.82, 2.24) is 9.78 Å². The van der Waals surface area contributed by atoms with Crippen molar-refractivity contribution < 1.29 is 4.74 Å². The molecule has 1 aliphatic rings. The Labute approximate surface area is 153 Å². The normalized spacial score (nSPS) is 12.8.